The first-order valence-corrected chi connectivity index (χ1v) is 10.6. The van der Waals surface area contributed by atoms with E-state index in [-0.39, 0.29) is 10.6 Å². The van der Waals surface area contributed by atoms with Gasteiger partial charge in [-0.25, -0.2) is 19.0 Å². The van der Waals surface area contributed by atoms with Crippen molar-refractivity contribution in [2.75, 3.05) is 0 Å². The minimum absolute atomic E-state index is 0.0276. The van der Waals surface area contributed by atoms with Crippen molar-refractivity contribution in [3.8, 4) is 11.1 Å². The topological polar surface area (TPSA) is 117 Å². The molecule has 0 aliphatic carbocycles. The van der Waals surface area contributed by atoms with E-state index >= 15 is 0 Å². The van der Waals surface area contributed by atoms with Crippen LogP contribution in [0.1, 0.15) is 16.1 Å². The number of aromatic nitrogens is 1. The molecule has 0 fully saturated rings. The Bertz CT molecular complexity index is 1350. The Hall–Kier alpha value is -3.75. The van der Waals surface area contributed by atoms with Gasteiger partial charge in [0.1, 0.15) is 5.69 Å². The van der Waals surface area contributed by atoms with Crippen molar-refractivity contribution in [3.63, 3.8) is 0 Å². The second kappa shape index (κ2) is 7.94. The third-order valence-corrected chi connectivity index (χ3v) is 5.48. The lowest BCUT2D eigenvalue weighted by molar-refractivity contribution is 0.0951. The maximum Gasteiger partial charge on any atom is 0.288 e. The zero-order chi connectivity index (χ0) is 21.1. The van der Waals surface area contributed by atoms with Gasteiger partial charge in [-0.3, -0.25) is 4.79 Å². The molecule has 1 amide bonds. The second-order valence-electron chi connectivity index (χ2n) is 6.60. The van der Waals surface area contributed by atoms with Crippen molar-refractivity contribution in [1.29, 1.82) is 0 Å². The smallest absolute Gasteiger partial charge is 0.288 e. The number of fused-ring (bicyclic) bond motifs is 1. The molecule has 3 aromatic carbocycles. The minimum atomic E-state index is -3.89. The molecule has 4 N–H and O–H groups in total. The number of nitrogens with two attached hydrogens (primary N) is 1. The van der Waals surface area contributed by atoms with Gasteiger partial charge in [-0.05, 0) is 29.3 Å². The summed E-state index contributed by atoms with van der Waals surface area (Å²) in [5.74, 6) is -0.450. The third-order valence-electron chi connectivity index (χ3n) is 4.57. The van der Waals surface area contributed by atoms with Crippen LogP contribution in [0.4, 0.5) is 0 Å². The monoisotopic (exact) mass is 418 g/mol. The van der Waals surface area contributed by atoms with Crippen LogP contribution in [0.5, 0.6) is 0 Å². The van der Waals surface area contributed by atoms with Crippen LogP contribution in [0.25, 0.3) is 22.0 Å². The first kappa shape index (κ1) is 19.6. The Morgan fingerprint density at radius 3 is 2.30 bits per heavy atom. The van der Waals surface area contributed by atoms with Crippen LogP contribution in [0.15, 0.2) is 88.9 Å². The highest BCUT2D eigenvalue weighted by Gasteiger charge is 2.20. The molecule has 4 rings (SSSR count). The van der Waals surface area contributed by atoms with Gasteiger partial charge in [0.05, 0.1) is 11.1 Å². The maximum atomic E-state index is 12.9. The Kier molecular flexibility index (Phi) is 5.18. The maximum absolute atomic E-state index is 12.9. The number of carbonyl (C=O) groups excluding carboxylic acids is 1. The van der Waals surface area contributed by atoms with Gasteiger partial charge in [-0.1, -0.05) is 60.7 Å². The van der Waals surface area contributed by atoms with Gasteiger partial charge in [-0.15, -0.1) is 0 Å². The largest absolute Gasteiger partial charge is 0.350 e. The van der Waals surface area contributed by atoms with Crippen LogP contribution in [-0.4, -0.2) is 25.5 Å². The summed E-state index contributed by atoms with van der Waals surface area (Å²) < 4.78 is 23.6. The SMILES string of the molecule is NS(=O)(=O)c1ccc2[nH]c(C(=O)N/N=C/c3ccccc3)c(-c3ccccc3)c2c1. The molecule has 0 aliphatic heterocycles. The molecule has 7 nitrogen and oxygen atoms in total. The van der Waals surface area contributed by atoms with E-state index in [4.69, 9.17) is 5.14 Å². The van der Waals surface area contributed by atoms with Crippen molar-refractivity contribution >= 4 is 33.0 Å². The highest BCUT2D eigenvalue weighted by molar-refractivity contribution is 7.89. The van der Waals surface area contributed by atoms with Gasteiger partial charge in [-0.2, -0.15) is 5.10 Å². The first-order valence-electron chi connectivity index (χ1n) is 9.06. The van der Waals surface area contributed by atoms with E-state index in [0.717, 1.165) is 11.1 Å². The van der Waals surface area contributed by atoms with E-state index in [2.05, 4.69) is 15.5 Å². The highest BCUT2D eigenvalue weighted by atomic mass is 32.2. The number of H-pyrrole nitrogens is 1. The number of benzene rings is 3. The normalized spacial score (nSPS) is 11.8. The number of amides is 1. The number of hydrazone groups is 1. The molecule has 150 valence electrons. The zero-order valence-corrected chi connectivity index (χ0v) is 16.6. The van der Waals surface area contributed by atoms with E-state index < -0.39 is 15.9 Å². The summed E-state index contributed by atoms with van der Waals surface area (Å²) in [6.45, 7) is 0. The Morgan fingerprint density at radius 2 is 1.63 bits per heavy atom. The zero-order valence-electron chi connectivity index (χ0n) is 15.7. The third kappa shape index (κ3) is 4.00. The van der Waals surface area contributed by atoms with E-state index in [1.54, 1.807) is 12.3 Å². The molecular formula is C22H18N4O3S. The molecule has 1 heterocycles. The molecule has 0 unspecified atom stereocenters. The van der Waals surface area contributed by atoms with Gasteiger partial charge in [0.25, 0.3) is 5.91 Å². The summed E-state index contributed by atoms with van der Waals surface area (Å²) in [7, 11) is -3.89. The summed E-state index contributed by atoms with van der Waals surface area (Å²) in [6.07, 6.45) is 1.54. The quantitative estimate of drug-likeness (QED) is 0.341. The van der Waals surface area contributed by atoms with Crippen LogP contribution in [-0.2, 0) is 10.0 Å². The number of nitrogens with one attached hydrogen (secondary N) is 2. The van der Waals surface area contributed by atoms with E-state index in [0.29, 0.717) is 16.5 Å². The molecule has 0 bridgehead atoms. The lowest BCUT2D eigenvalue weighted by Crippen LogP contribution is -2.18. The summed E-state index contributed by atoms with van der Waals surface area (Å²) in [5.41, 5.74) is 5.57. The van der Waals surface area contributed by atoms with E-state index in [9.17, 15) is 13.2 Å². The van der Waals surface area contributed by atoms with Gasteiger partial charge < -0.3 is 4.98 Å². The molecule has 0 saturated heterocycles. The molecule has 1 aromatic heterocycles. The number of hydrogen-bond acceptors (Lipinski definition) is 4. The number of hydrogen-bond donors (Lipinski definition) is 3. The van der Waals surface area contributed by atoms with Crippen molar-refractivity contribution in [2.24, 2.45) is 10.2 Å². The second-order valence-corrected chi connectivity index (χ2v) is 8.16. The minimum Gasteiger partial charge on any atom is -0.350 e. The number of rotatable bonds is 5. The molecule has 0 spiro atoms. The van der Waals surface area contributed by atoms with Crippen molar-refractivity contribution in [3.05, 3.63) is 90.1 Å². The van der Waals surface area contributed by atoms with Crippen LogP contribution in [0.2, 0.25) is 0 Å². The predicted molar refractivity (Wildman–Crippen MR) is 117 cm³/mol. The van der Waals surface area contributed by atoms with Crippen LogP contribution in [0.3, 0.4) is 0 Å². The highest BCUT2D eigenvalue weighted by Crippen LogP contribution is 2.33. The number of primary sulfonamides is 1. The van der Waals surface area contributed by atoms with Crippen molar-refractivity contribution < 1.29 is 13.2 Å². The fourth-order valence-corrected chi connectivity index (χ4v) is 3.72. The predicted octanol–water partition coefficient (Wildman–Crippen LogP) is 3.25. The molecule has 0 saturated carbocycles. The van der Waals surface area contributed by atoms with Gasteiger partial charge >= 0.3 is 0 Å². The number of aromatic amines is 1. The van der Waals surface area contributed by atoms with Gasteiger partial charge in [0, 0.05) is 16.5 Å². The van der Waals surface area contributed by atoms with Gasteiger partial charge in [0.2, 0.25) is 10.0 Å². The van der Waals surface area contributed by atoms with Crippen LogP contribution < -0.4 is 10.6 Å². The Morgan fingerprint density at radius 1 is 0.967 bits per heavy atom. The van der Waals surface area contributed by atoms with Crippen LogP contribution >= 0.6 is 0 Å². The fraction of sp³-hybridized carbons (Fsp3) is 0. The lowest BCUT2D eigenvalue weighted by atomic mass is 10.0. The molecule has 8 heteroatoms. The average Bonchev–Trinajstić information content (AvgIpc) is 3.13. The van der Waals surface area contributed by atoms with E-state index in [1.165, 1.54) is 12.1 Å². The summed E-state index contributed by atoms with van der Waals surface area (Å²) >= 11 is 0. The summed E-state index contributed by atoms with van der Waals surface area (Å²) in [6, 6.07) is 23.0. The molecular weight excluding hydrogens is 400 g/mol. The summed E-state index contributed by atoms with van der Waals surface area (Å²) in [5, 5.41) is 9.88. The number of nitrogens with zero attached hydrogens (tertiary/aromatic N) is 1. The first-order chi connectivity index (χ1) is 14.4. The molecule has 0 atom stereocenters. The van der Waals surface area contributed by atoms with E-state index in [1.807, 2.05) is 60.7 Å². The average molecular weight is 418 g/mol. The van der Waals surface area contributed by atoms with Crippen molar-refractivity contribution in [2.45, 2.75) is 4.90 Å². The van der Waals surface area contributed by atoms with Crippen LogP contribution in [0, 0.1) is 0 Å². The molecule has 0 aliphatic rings. The standard InChI is InChI=1S/C22H18N4O3S/c23-30(28,29)17-11-12-19-18(13-17)20(16-9-5-2-6-10-16)21(25-19)22(27)26-24-14-15-7-3-1-4-8-15/h1-14,25H,(H,26,27)(H2,23,28,29)/b24-14+. The number of carbonyl (C=O) groups is 1. The molecule has 30 heavy (non-hydrogen) atoms. The van der Waals surface area contributed by atoms with Crippen molar-refractivity contribution in [1.82, 2.24) is 10.4 Å². The Balaban J connectivity index is 1.78. The summed E-state index contributed by atoms with van der Waals surface area (Å²) in [4.78, 5) is 15.9. The number of sulfonamides is 1. The fourth-order valence-electron chi connectivity index (χ4n) is 3.18. The molecule has 0 radical (unpaired) electrons. The lowest BCUT2D eigenvalue weighted by Gasteiger charge is -2.05. The Labute approximate surface area is 173 Å². The van der Waals surface area contributed by atoms with Gasteiger partial charge in [0.15, 0.2) is 0 Å². The molecule has 4 aromatic rings.